The summed E-state index contributed by atoms with van der Waals surface area (Å²) in [4.78, 5) is 14.3. The molecule has 21 heavy (non-hydrogen) atoms. The molecule has 6 heteroatoms. The number of hydrogen-bond acceptors (Lipinski definition) is 3. The van der Waals surface area contributed by atoms with Crippen molar-refractivity contribution in [2.24, 2.45) is 0 Å². The molecule has 0 spiro atoms. The quantitative estimate of drug-likeness (QED) is 0.941. The van der Waals surface area contributed by atoms with E-state index >= 15 is 0 Å². The fourth-order valence-electron chi connectivity index (χ4n) is 1.92. The molecule has 0 aliphatic heterocycles. The highest BCUT2D eigenvalue weighted by atomic mass is 19.3. The number of nitrogens with zero attached hydrogens (tertiary/aromatic N) is 1. The lowest BCUT2D eigenvalue weighted by Gasteiger charge is -2.08. The van der Waals surface area contributed by atoms with E-state index in [4.69, 9.17) is 10.00 Å². The number of benzene rings is 1. The highest BCUT2D eigenvalue weighted by molar-refractivity contribution is 5.70. The molecule has 1 aromatic carbocycles. The average molecular weight is 290 g/mol. The molecule has 0 bridgehead atoms. The first kappa shape index (κ1) is 14.7. The van der Waals surface area contributed by atoms with Crippen LogP contribution in [0.4, 0.5) is 8.78 Å². The molecular weight excluding hydrogens is 278 g/mol. The summed E-state index contributed by atoms with van der Waals surface area (Å²) in [5, 5.41) is 9.07. The van der Waals surface area contributed by atoms with E-state index in [-0.39, 0.29) is 5.56 Å². The first-order chi connectivity index (χ1) is 10.0. The number of nitrogens with one attached hydrogen (secondary N) is 1. The number of alkyl halides is 2. The van der Waals surface area contributed by atoms with Gasteiger partial charge in [0.1, 0.15) is 24.0 Å². The molecule has 0 aliphatic carbocycles. The fraction of sp³-hybridized carbons (Fsp3) is 0.200. The molecule has 0 atom stereocenters. The van der Waals surface area contributed by atoms with E-state index < -0.39 is 18.6 Å². The lowest BCUT2D eigenvalue weighted by molar-refractivity contribution is 0.0819. The first-order valence-corrected chi connectivity index (χ1v) is 6.16. The van der Waals surface area contributed by atoms with Crippen LogP contribution in [0.3, 0.4) is 0 Å². The van der Waals surface area contributed by atoms with Crippen LogP contribution in [0.25, 0.3) is 11.1 Å². The maximum atomic E-state index is 12.1. The number of aromatic nitrogens is 1. The van der Waals surface area contributed by atoms with Gasteiger partial charge in [-0.15, -0.1) is 0 Å². The van der Waals surface area contributed by atoms with Crippen molar-refractivity contribution in [1.82, 2.24) is 4.98 Å². The van der Waals surface area contributed by atoms with Gasteiger partial charge in [0, 0.05) is 11.3 Å². The molecule has 0 unspecified atom stereocenters. The van der Waals surface area contributed by atoms with E-state index in [0.717, 1.165) is 0 Å². The van der Waals surface area contributed by atoms with Crippen LogP contribution >= 0.6 is 0 Å². The van der Waals surface area contributed by atoms with Gasteiger partial charge in [0.05, 0.1) is 0 Å². The minimum atomic E-state index is -2.54. The minimum Gasteiger partial charge on any atom is -0.488 e. The maximum Gasteiger partial charge on any atom is 0.272 e. The summed E-state index contributed by atoms with van der Waals surface area (Å²) in [6.07, 6.45) is -2.54. The van der Waals surface area contributed by atoms with Gasteiger partial charge in [-0.05, 0) is 30.7 Å². The summed E-state index contributed by atoms with van der Waals surface area (Å²) < 4.78 is 29.0. The Kier molecular flexibility index (Phi) is 4.33. The smallest absolute Gasteiger partial charge is 0.272 e. The minimum absolute atomic E-state index is 0.0156. The third-order valence-corrected chi connectivity index (χ3v) is 2.82. The summed E-state index contributed by atoms with van der Waals surface area (Å²) in [6, 6.07) is 9.85. The number of aryl methyl sites for hydroxylation is 1. The van der Waals surface area contributed by atoms with Crippen LogP contribution in [0.1, 0.15) is 11.3 Å². The van der Waals surface area contributed by atoms with E-state index in [2.05, 4.69) is 4.98 Å². The lowest BCUT2D eigenvalue weighted by atomic mass is 10.0. The Hall–Kier alpha value is -2.68. The second kappa shape index (κ2) is 6.18. The van der Waals surface area contributed by atoms with Gasteiger partial charge in [0.25, 0.3) is 12.0 Å². The largest absolute Gasteiger partial charge is 0.488 e. The summed E-state index contributed by atoms with van der Waals surface area (Å²) in [5.74, 6) is 0.305. The van der Waals surface area contributed by atoms with Gasteiger partial charge in [0.2, 0.25) is 0 Å². The van der Waals surface area contributed by atoms with Gasteiger partial charge < -0.3 is 9.72 Å². The number of rotatable bonds is 4. The Morgan fingerprint density at radius 1 is 1.33 bits per heavy atom. The number of halogens is 2. The first-order valence-electron chi connectivity index (χ1n) is 6.16. The molecule has 1 aromatic heterocycles. The third kappa shape index (κ3) is 3.45. The number of H-pyrrole nitrogens is 1. The van der Waals surface area contributed by atoms with Crippen molar-refractivity contribution in [1.29, 1.82) is 5.26 Å². The molecule has 0 radical (unpaired) electrons. The van der Waals surface area contributed by atoms with Gasteiger partial charge >= 0.3 is 0 Å². The molecule has 0 aliphatic rings. The average Bonchev–Trinajstić information content (AvgIpc) is 2.45. The fourth-order valence-corrected chi connectivity index (χ4v) is 1.92. The number of nitriles is 1. The zero-order chi connectivity index (χ0) is 15.4. The van der Waals surface area contributed by atoms with E-state index in [9.17, 15) is 13.6 Å². The third-order valence-electron chi connectivity index (χ3n) is 2.82. The lowest BCUT2D eigenvalue weighted by Crippen LogP contribution is -2.12. The predicted octanol–water partition coefficient (Wildman–Crippen LogP) is 2.87. The number of pyridine rings is 1. The van der Waals surface area contributed by atoms with Crippen molar-refractivity contribution in [3.63, 3.8) is 0 Å². The molecule has 0 amide bonds. The van der Waals surface area contributed by atoms with Crippen molar-refractivity contribution >= 4 is 0 Å². The van der Waals surface area contributed by atoms with Crippen molar-refractivity contribution in [3.8, 4) is 22.9 Å². The second-order valence-electron chi connectivity index (χ2n) is 4.41. The van der Waals surface area contributed by atoms with Crippen LogP contribution < -0.4 is 10.3 Å². The maximum absolute atomic E-state index is 12.1. The molecular formula is C15H12F2N2O2. The van der Waals surface area contributed by atoms with Gasteiger partial charge in [0.15, 0.2) is 0 Å². The molecule has 0 fully saturated rings. The molecule has 108 valence electrons. The molecule has 2 aromatic rings. The van der Waals surface area contributed by atoms with Crippen molar-refractivity contribution in [2.45, 2.75) is 13.3 Å². The number of ether oxygens (including phenoxy) is 1. The molecule has 1 N–H and O–H groups in total. The van der Waals surface area contributed by atoms with E-state index in [0.29, 0.717) is 22.6 Å². The normalized spacial score (nSPS) is 10.4. The van der Waals surface area contributed by atoms with Gasteiger partial charge in [-0.25, -0.2) is 8.78 Å². The van der Waals surface area contributed by atoms with E-state index in [1.54, 1.807) is 25.1 Å². The SMILES string of the molecule is Cc1cc(-c2ccc(OCC(F)F)cc2)c(C#N)c(=O)[nH]1. The van der Waals surface area contributed by atoms with E-state index in [1.807, 2.05) is 6.07 Å². The zero-order valence-electron chi connectivity index (χ0n) is 11.2. The van der Waals surface area contributed by atoms with Crippen molar-refractivity contribution in [2.75, 3.05) is 6.61 Å². The van der Waals surface area contributed by atoms with Gasteiger partial charge in [-0.2, -0.15) is 5.26 Å². The zero-order valence-corrected chi connectivity index (χ0v) is 11.2. The summed E-state index contributed by atoms with van der Waals surface area (Å²) in [6.45, 7) is 1.04. The van der Waals surface area contributed by atoms with Crippen LogP contribution in [-0.4, -0.2) is 18.0 Å². The highest BCUT2D eigenvalue weighted by Gasteiger charge is 2.10. The van der Waals surface area contributed by atoms with Gasteiger partial charge in [-0.1, -0.05) is 12.1 Å². The Morgan fingerprint density at radius 3 is 2.57 bits per heavy atom. The summed E-state index contributed by atoms with van der Waals surface area (Å²) >= 11 is 0. The molecule has 0 saturated heterocycles. The van der Waals surface area contributed by atoms with Crippen molar-refractivity contribution in [3.05, 3.63) is 51.9 Å². The Labute approximate surface area is 119 Å². The van der Waals surface area contributed by atoms with Crippen LogP contribution in [0, 0.1) is 18.3 Å². The van der Waals surface area contributed by atoms with Crippen LogP contribution in [0.5, 0.6) is 5.75 Å². The molecule has 4 nitrogen and oxygen atoms in total. The molecule has 1 heterocycles. The van der Waals surface area contributed by atoms with Crippen molar-refractivity contribution < 1.29 is 13.5 Å². The Bertz CT molecular complexity index is 731. The second-order valence-corrected chi connectivity index (χ2v) is 4.41. The topological polar surface area (TPSA) is 65.9 Å². The predicted molar refractivity (Wildman–Crippen MR) is 73.4 cm³/mol. The van der Waals surface area contributed by atoms with Gasteiger partial charge in [-0.3, -0.25) is 4.79 Å². The van der Waals surface area contributed by atoms with Crippen LogP contribution in [-0.2, 0) is 0 Å². The number of aromatic amines is 1. The molecule has 2 rings (SSSR count). The highest BCUT2D eigenvalue weighted by Crippen LogP contribution is 2.24. The Balaban J connectivity index is 2.35. The van der Waals surface area contributed by atoms with Crippen LogP contribution in [0.2, 0.25) is 0 Å². The molecule has 0 saturated carbocycles. The summed E-state index contributed by atoms with van der Waals surface area (Å²) in [5.41, 5.74) is 1.34. The monoisotopic (exact) mass is 290 g/mol. The Morgan fingerprint density at radius 2 is 2.00 bits per heavy atom. The van der Waals surface area contributed by atoms with E-state index in [1.165, 1.54) is 12.1 Å². The number of hydrogen-bond donors (Lipinski definition) is 1. The standard InChI is InChI=1S/C15H12F2N2O2/c1-9-6-12(13(7-18)15(20)19-9)10-2-4-11(5-3-10)21-8-14(16)17/h2-6,14H,8H2,1H3,(H,19,20). The van der Waals surface area contributed by atoms with Crippen LogP contribution in [0.15, 0.2) is 35.1 Å². The summed E-state index contributed by atoms with van der Waals surface area (Å²) in [7, 11) is 0.